The van der Waals surface area contributed by atoms with Crippen molar-refractivity contribution in [2.24, 2.45) is 0 Å². The summed E-state index contributed by atoms with van der Waals surface area (Å²) >= 11 is 7.58. The summed E-state index contributed by atoms with van der Waals surface area (Å²) in [5.41, 5.74) is 3.44. The Morgan fingerprint density at radius 3 is 2.65 bits per heavy atom. The summed E-state index contributed by atoms with van der Waals surface area (Å²) in [6.45, 7) is 3.44. The maximum atomic E-state index is 13.3. The molecule has 4 aromatic rings. The molecule has 0 spiro atoms. The van der Waals surface area contributed by atoms with Gasteiger partial charge in [-0.2, -0.15) is 0 Å². The van der Waals surface area contributed by atoms with Gasteiger partial charge in [-0.15, -0.1) is 0 Å². The molecule has 0 fully saturated rings. The number of nitrogens with one attached hydrogen (secondary N) is 1. The van der Waals surface area contributed by atoms with Crippen LogP contribution in [0, 0.1) is 0 Å². The molecule has 0 unspecified atom stereocenters. The first-order valence-electron chi connectivity index (χ1n) is 11.6. The minimum Gasteiger partial charge on any atom is -0.320 e. The van der Waals surface area contributed by atoms with Crippen molar-refractivity contribution >= 4 is 67.7 Å². The molecular weight excluding hydrogens is 528 g/mol. The smallest absolute Gasteiger partial charge is 0.262 e. The molecule has 0 aliphatic carbocycles. The summed E-state index contributed by atoms with van der Waals surface area (Å²) in [6, 6.07) is 17.6. The number of carbonyl (C=O) groups is 2. The zero-order valence-electron chi connectivity index (χ0n) is 20.1. The lowest BCUT2D eigenvalue weighted by atomic mass is 10.1. The molecule has 0 saturated carbocycles. The highest BCUT2D eigenvalue weighted by atomic mass is 35.5. The number of anilines is 1. The van der Waals surface area contributed by atoms with Crippen molar-refractivity contribution in [3.05, 3.63) is 93.5 Å². The summed E-state index contributed by atoms with van der Waals surface area (Å²) in [5.74, 6) is -0.684. The fourth-order valence-corrected chi connectivity index (χ4v) is 7.15. The molecule has 2 heterocycles. The number of sulfone groups is 1. The monoisotopic (exact) mass is 550 g/mol. The van der Waals surface area contributed by atoms with E-state index in [1.807, 2.05) is 43.3 Å². The lowest BCUT2D eigenvalue weighted by Crippen LogP contribution is -2.18. The Hall–Kier alpha value is -3.33. The van der Waals surface area contributed by atoms with Gasteiger partial charge in [-0.05, 0) is 54.0 Å². The van der Waals surface area contributed by atoms with E-state index >= 15 is 0 Å². The Morgan fingerprint density at radius 1 is 1.11 bits per heavy atom. The third-order valence-electron chi connectivity index (χ3n) is 6.30. The predicted octanol–water partition coefficient (Wildman–Crippen LogP) is 6.58. The van der Waals surface area contributed by atoms with Crippen molar-refractivity contribution in [2.45, 2.75) is 35.8 Å². The molecule has 6 nitrogen and oxygen atoms in total. The van der Waals surface area contributed by atoms with E-state index in [1.54, 1.807) is 35.0 Å². The number of aryl methyl sites for hydroxylation is 1. The van der Waals surface area contributed by atoms with Gasteiger partial charge in [0.05, 0.1) is 26.8 Å². The maximum absolute atomic E-state index is 13.3. The normalized spacial score (nSPS) is 14.6. The molecule has 1 amide bonds. The van der Waals surface area contributed by atoms with Crippen LogP contribution in [0.15, 0.2) is 81.6 Å². The maximum Gasteiger partial charge on any atom is 0.262 e. The fourth-order valence-electron chi connectivity index (χ4n) is 4.43. The molecule has 0 radical (unpaired) electrons. The first-order chi connectivity index (χ1) is 17.7. The van der Waals surface area contributed by atoms with Crippen molar-refractivity contribution in [1.82, 2.24) is 4.57 Å². The summed E-state index contributed by atoms with van der Waals surface area (Å²) in [4.78, 5) is 26.3. The number of aromatic nitrogens is 1. The molecule has 9 heteroatoms. The molecule has 0 bridgehead atoms. The minimum absolute atomic E-state index is 0.117. The Bertz CT molecular complexity index is 1720. The second kappa shape index (κ2) is 9.85. The van der Waals surface area contributed by atoms with Gasteiger partial charge in [0.1, 0.15) is 0 Å². The van der Waals surface area contributed by atoms with Gasteiger partial charge < -0.3 is 5.32 Å². The van der Waals surface area contributed by atoms with E-state index in [1.165, 1.54) is 24.8 Å². The standard InChI is InChI=1S/C28H23ClN2O4S2/c1-3-18-7-6-9-23(29)22(18)16-37(34,35)20-11-12-26-24(14-20)30-28(33)27(36-26)13-19-15-31(17(2)32)25-10-5-4-8-21(19)25/h4-15H,3,16H2,1-2H3,(H,30,33)/b27-13-. The molecule has 0 atom stereocenters. The molecular formula is C28H23ClN2O4S2. The average Bonchev–Trinajstić information content (AvgIpc) is 3.24. The first-order valence-corrected chi connectivity index (χ1v) is 14.5. The number of hydrogen-bond donors (Lipinski definition) is 1. The van der Waals surface area contributed by atoms with Crippen LogP contribution in [0.3, 0.4) is 0 Å². The van der Waals surface area contributed by atoms with Gasteiger partial charge >= 0.3 is 0 Å². The van der Waals surface area contributed by atoms with Crippen molar-refractivity contribution in [3.63, 3.8) is 0 Å². The third kappa shape index (κ3) is 4.84. The number of para-hydroxylation sites is 1. The van der Waals surface area contributed by atoms with Gasteiger partial charge in [-0.25, -0.2) is 8.42 Å². The molecule has 3 aromatic carbocycles. The number of halogens is 1. The van der Waals surface area contributed by atoms with Gasteiger partial charge in [0.15, 0.2) is 9.84 Å². The van der Waals surface area contributed by atoms with Crippen LogP contribution in [0.5, 0.6) is 0 Å². The average molecular weight is 551 g/mol. The Balaban J connectivity index is 1.46. The number of hydrogen-bond acceptors (Lipinski definition) is 5. The lowest BCUT2D eigenvalue weighted by Gasteiger charge is -2.20. The lowest BCUT2D eigenvalue weighted by molar-refractivity contribution is -0.112. The van der Waals surface area contributed by atoms with Crippen LogP contribution in [-0.4, -0.2) is 24.8 Å². The van der Waals surface area contributed by atoms with Crippen LogP contribution < -0.4 is 5.32 Å². The van der Waals surface area contributed by atoms with E-state index in [-0.39, 0.29) is 22.5 Å². The van der Waals surface area contributed by atoms with E-state index in [4.69, 9.17) is 11.6 Å². The third-order valence-corrected chi connectivity index (χ3v) is 9.40. The molecule has 1 aliphatic heterocycles. The van der Waals surface area contributed by atoms with Gasteiger partial charge in [0.25, 0.3) is 5.91 Å². The van der Waals surface area contributed by atoms with E-state index in [9.17, 15) is 18.0 Å². The highest BCUT2D eigenvalue weighted by Gasteiger charge is 2.25. The first kappa shape index (κ1) is 25.3. The van der Waals surface area contributed by atoms with Gasteiger partial charge in [0.2, 0.25) is 5.91 Å². The van der Waals surface area contributed by atoms with Crippen LogP contribution in [0.2, 0.25) is 5.02 Å². The molecule has 188 valence electrons. The van der Waals surface area contributed by atoms with Crippen LogP contribution in [-0.2, 0) is 26.8 Å². The summed E-state index contributed by atoms with van der Waals surface area (Å²) in [6.07, 6.45) is 4.14. The summed E-state index contributed by atoms with van der Waals surface area (Å²) in [7, 11) is -3.71. The second-order valence-electron chi connectivity index (χ2n) is 8.70. The van der Waals surface area contributed by atoms with Crippen LogP contribution in [0.25, 0.3) is 17.0 Å². The number of nitrogens with zero attached hydrogens (tertiary/aromatic N) is 1. The largest absolute Gasteiger partial charge is 0.320 e. The van der Waals surface area contributed by atoms with Gasteiger partial charge in [-0.3, -0.25) is 14.2 Å². The van der Waals surface area contributed by atoms with Crippen LogP contribution in [0.4, 0.5) is 5.69 Å². The van der Waals surface area contributed by atoms with Gasteiger partial charge in [-0.1, -0.05) is 60.6 Å². The van der Waals surface area contributed by atoms with E-state index in [2.05, 4.69) is 5.32 Å². The molecule has 0 saturated heterocycles. The van der Waals surface area contributed by atoms with Crippen molar-refractivity contribution < 1.29 is 18.0 Å². The zero-order chi connectivity index (χ0) is 26.3. The molecule has 5 rings (SSSR count). The fraction of sp³-hybridized carbons (Fsp3) is 0.143. The zero-order valence-corrected chi connectivity index (χ0v) is 22.5. The topological polar surface area (TPSA) is 85.2 Å². The van der Waals surface area contributed by atoms with E-state index in [0.717, 1.165) is 26.9 Å². The van der Waals surface area contributed by atoms with Crippen LogP contribution in [0.1, 0.15) is 35.3 Å². The minimum atomic E-state index is -3.71. The Labute approximate surface area is 224 Å². The number of thioether (sulfide) groups is 1. The molecule has 37 heavy (non-hydrogen) atoms. The number of amides is 1. The quantitative estimate of drug-likeness (QED) is 0.284. The van der Waals surface area contributed by atoms with E-state index < -0.39 is 9.84 Å². The van der Waals surface area contributed by atoms with Crippen molar-refractivity contribution in [3.8, 4) is 0 Å². The molecule has 1 aromatic heterocycles. The number of rotatable bonds is 5. The second-order valence-corrected chi connectivity index (χ2v) is 12.2. The SMILES string of the molecule is CCc1cccc(Cl)c1CS(=O)(=O)c1ccc2c(c1)NC(=O)/C(=C/c1cn(C(C)=O)c3ccccc13)S2. The highest BCUT2D eigenvalue weighted by molar-refractivity contribution is 8.04. The molecule has 1 N–H and O–H groups in total. The summed E-state index contributed by atoms with van der Waals surface area (Å²) < 4.78 is 28.1. The number of benzene rings is 3. The van der Waals surface area contributed by atoms with Crippen molar-refractivity contribution in [2.75, 3.05) is 5.32 Å². The Morgan fingerprint density at radius 2 is 1.89 bits per heavy atom. The predicted molar refractivity (Wildman–Crippen MR) is 149 cm³/mol. The molecule has 1 aliphatic rings. The van der Waals surface area contributed by atoms with Gasteiger partial charge in [0, 0.05) is 34.0 Å². The van der Waals surface area contributed by atoms with Crippen LogP contribution >= 0.6 is 23.4 Å². The highest BCUT2D eigenvalue weighted by Crippen LogP contribution is 2.41. The Kier molecular flexibility index (Phi) is 6.74. The number of carbonyl (C=O) groups excluding carboxylic acids is 2. The summed E-state index contributed by atoms with van der Waals surface area (Å²) in [5, 5.41) is 4.11. The van der Waals surface area contributed by atoms with E-state index in [0.29, 0.717) is 27.6 Å². The van der Waals surface area contributed by atoms with Crippen molar-refractivity contribution in [1.29, 1.82) is 0 Å². The number of fused-ring (bicyclic) bond motifs is 2.